The topological polar surface area (TPSA) is 93.4 Å². The molecule has 7 heteroatoms. The number of carboxylic acids is 1. The first kappa shape index (κ1) is 13.8. The standard InChI is InChI=1S/C12H15NO5S/c1-13-7-8(6-9(13)12(15)16)11(14)10-4-2-3-5-19(10,17)18/h6-7,10H,2-5H2,1H3,(H,15,16). The van der Waals surface area contributed by atoms with E-state index in [1.54, 1.807) is 0 Å². The van der Waals surface area contributed by atoms with Gasteiger partial charge in [0.25, 0.3) is 0 Å². The van der Waals surface area contributed by atoms with Crippen molar-refractivity contribution in [1.29, 1.82) is 0 Å². The van der Waals surface area contributed by atoms with Crippen LogP contribution >= 0.6 is 0 Å². The molecule has 0 aromatic carbocycles. The first-order chi connectivity index (χ1) is 8.83. The maximum Gasteiger partial charge on any atom is 0.352 e. The van der Waals surface area contributed by atoms with E-state index in [-0.39, 0.29) is 17.0 Å². The van der Waals surface area contributed by atoms with Gasteiger partial charge in [0, 0.05) is 18.8 Å². The lowest BCUT2D eigenvalue weighted by atomic mass is 10.1. The lowest BCUT2D eigenvalue weighted by molar-refractivity contribution is 0.0686. The normalized spacial score (nSPS) is 22.1. The Balaban J connectivity index is 2.34. The van der Waals surface area contributed by atoms with Crippen LogP contribution in [0.1, 0.15) is 40.1 Å². The molecule has 1 fully saturated rings. The molecule has 0 aliphatic carbocycles. The second-order valence-electron chi connectivity index (χ2n) is 4.75. The van der Waals surface area contributed by atoms with Crippen LogP contribution in [0.4, 0.5) is 0 Å². The summed E-state index contributed by atoms with van der Waals surface area (Å²) in [6.07, 6.45) is 2.98. The fourth-order valence-corrected chi connectivity index (χ4v) is 4.23. The number of ketones is 1. The molecular formula is C12H15NO5S. The van der Waals surface area contributed by atoms with Gasteiger partial charge in [-0.05, 0) is 18.9 Å². The molecule has 0 spiro atoms. The first-order valence-electron chi connectivity index (χ1n) is 5.98. The molecule has 1 aromatic heterocycles. The predicted octanol–water partition coefficient (Wildman–Crippen LogP) is 0.873. The van der Waals surface area contributed by atoms with E-state index in [4.69, 9.17) is 5.11 Å². The summed E-state index contributed by atoms with van der Waals surface area (Å²) in [4.78, 5) is 23.1. The summed E-state index contributed by atoms with van der Waals surface area (Å²) < 4.78 is 25.1. The lowest BCUT2D eigenvalue weighted by Gasteiger charge is -2.20. The molecule has 0 radical (unpaired) electrons. The number of carbonyl (C=O) groups is 2. The Labute approximate surface area is 111 Å². The van der Waals surface area contributed by atoms with Crippen molar-refractivity contribution >= 4 is 21.6 Å². The van der Waals surface area contributed by atoms with Crippen molar-refractivity contribution in [2.24, 2.45) is 7.05 Å². The highest BCUT2D eigenvalue weighted by Crippen LogP contribution is 2.23. The number of hydrogen-bond donors (Lipinski definition) is 1. The highest BCUT2D eigenvalue weighted by atomic mass is 32.2. The molecule has 1 N–H and O–H groups in total. The van der Waals surface area contributed by atoms with Gasteiger partial charge in [-0.3, -0.25) is 4.79 Å². The van der Waals surface area contributed by atoms with Crippen LogP contribution in [-0.2, 0) is 16.9 Å². The Kier molecular flexibility index (Phi) is 3.49. The average Bonchev–Trinajstić information content (AvgIpc) is 2.70. The van der Waals surface area contributed by atoms with E-state index < -0.39 is 26.8 Å². The summed E-state index contributed by atoms with van der Waals surface area (Å²) in [7, 11) is -1.89. The maximum atomic E-state index is 12.2. The molecule has 104 valence electrons. The Morgan fingerprint density at radius 1 is 1.37 bits per heavy atom. The zero-order valence-electron chi connectivity index (χ0n) is 10.5. The molecule has 1 aliphatic heterocycles. The molecule has 0 saturated carbocycles. The number of Topliss-reactive ketones (excluding diaryl/α,β-unsaturated/α-hetero) is 1. The van der Waals surface area contributed by atoms with Gasteiger partial charge in [0.2, 0.25) is 0 Å². The van der Waals surface area contributed by atoms with Crippen LogP contribution in [0.2, 0.25) is 0 Å². The van der Waals surface area contributed by atoms with Crippen LogP contribution in [0, 0.1) is 0 Å². The molecule has 1 unspecified atom stereocenters. The third kappa shape index (κ3) is 2.56. The molecule has 19 heavy (non-hydrogen) atoms. The van der Waals surface area contributed by atoms with Crippen molar-refractivity contribution in [2.75, 3.05) is 5.75 Å². The number of nitrogens with zero attached hydrogens (tertiary/aromatic N) is 1. The first-order valence-corrected chi connectivity index (χ1v) is 7.70. The fraction of sp³-hybridized carbons (Fsp3) is 0.500. The Morgan fingerprint density at radius 3 is 2.58 bits per heavy atom. The highest BCUT2D eigenvalue weighted by molar-refractivity contribution is 7.92. The third-order valence-corrected chi connectivity index (χ3v) is 5.55. The van der Waals surface area contributed by atoms with Crippen LogP contribution < -0.4 is 0 Å². The van der Waals surface area contributed by atoms with Gasteiger partial charge in [0.05, 0.1) is 5.75 Å². The molecular weight excluding hydrogens is 270 g/mol. The van der Waals surface area contributed by atoms with E-state index in [1.165, 1.54) is 23.9 Å². The summed E-state index contributed by atoms with van der Waals surface area (Å²) >= 11 is 0. The van der Waals surface area contributed by atoms with Crippen molar-refractivity contribution in [3.63, 3.8) is 0 Å². The van der Waals surface area contributed by atoms with Gasteiger partial charge in [-0.25, -0.2) is 13.2 Å². The van der Waals surface area contributed by atoms with Crippen LogP contribution in [0.25, 0.3) is 0 Å². The number of aryl methyl sites for hydroxylation is 1. The SMILES string of the molecule is Cn1cc(C(=O)C2CCCCS2(=O)=O)cc1C(=O)O. The number of carbonyl (C=O) groups excluding carboxylic acids is 1. The molecule has 1 aromatic rings. The van der Waals surface area contributed by atoms with Gasteiger partial charge in [-0.15, -0.1) is 0 Å². The van der Waals surface area contributed by atoms with Gasteiger partial charge in [-0.1, -0.05) is 6.42 Å². The molecule has 1 saturated heterocycles. The van der Waals surface area contributed by atoms with E-state index in [0.29, 0.717) is 19.3 Å². The van der Waals surface area contributed by atoms with Crippen LogP contribution in [0.5, 0.6) is 0 Å². The third-order valence-electron chi connectivity index (χ3n) is 3.38. The minimum Gasteiger partial charge on any atom is -0.477 e. The van der Waals surface area contributed by atoms with Gasteiger partial charge in [0.1, 0.15) is 10.9 Å². The van der Waals surface area contributed by atoms with E-state index in [9.17, 15) is 18.0 Å². The van der Waals surface area contributed by atoms with Crippen molar-refractivity contribution in [2.45, 2.75) is 24.5 Å². The van der Waals surface area contributed by atoms with Gasteiger partial charge >= 0.3 is 5.97 Å². The number of rotatable bonds is 3. The maximum absolute atomic E-state index is 12.2. The molecule has 6 nitrogen and oxygen atoms in total. The smallest absolute Gasteiger partial charge is 0.352 e. The predicted molar refractivity (Wildman–Crippen MR) is 68.1 cm³/mol. The van der Waals surface area contributed by atoms with Crippen molar-refractivity contribution < 1.29 is 23.1 Å². The number of hydrogen-bond acceptors (Lipinski definition) is 4. The highest BCUT2D eigenvalue weighted by Gasteiger charge is 2.36. The van der Waals surface area contributed by atoms with Gasteiger partial charge < -0.3 is 9.67 Å². The van der Waals surface area contributed by atoms with Crippen molar-refractivity contribution in [3.05, 3.63) is 23.5 Å². The zero-order valence-corrected chi connectivity index (χ0v) is 11.3. The van der Waals surface area contributed by atoms with Gasteiger partial charge in [0.15, 0.2) is 15.6 Å². The minimum atomic E-state index is -3.40. The quantitative estimate of drug-likeness (QED) is 0.832. The number of aromatic carboxylic acids is 1. The van der Waals surface area contributed by atoms with E-state index in [2.05, 4.69) is 0 Å². The Hall–Kier alpha value is -1.63. The zero-order chi connectivity index (χ0) is 14.2. The fourth-order valence-electron chi connectivity index (χ4n) is 2.35. The molecule has 1 atom stereocenters. The molecule has 2 rings (SSSR count). The molecule has 0 bridgehead atoms. The Morgan fingerprint density at radius 2 is 2.05 bits per heavy atom. The summed E-state index contributed by atoms with van der Waals surface area (Å²) in [6, 6.07) is 1.23. The molecule has 0 amide bonds. The number of sulfone groups is 1. The average molecular weight is 285 g/mol. The monoisotopic (exact) mass is 285 g/mol. The second kappa shape index (κ2) is 4.80. The molecule has 1 aliphatic rings. The van der Waals surface area contributed by atoms with Crippen LogP contribution in [0.3, 0.4) is 0 Å². The largest absolute Gasteiger partial charge is 0.477 e. The van der Waals surface area contributed by atoms with Crippen molar-refractivity contribution in [3.8, 4) is 0 Å². The van der Waals surface area contributed by atoms with Crippen LogP contribution in [-0.4, -0.2) is 40.8 Å². The number of carboxylic acid groups (broad SMARTS) is 1. The second-order valence-corrected chi connectivity index (χ2v) is 7.05. The van der Waals surface area contributed by atoms with Gasteiger partial charge in [-0.2, -0.15) is 0 Å². The molecule has 2 heterocycles. The summed E-state index contributed by atoms with van der Waals surface area (Å²) in [5.74, 6) is -1.61. The Bertz CT molecular complexity index is 629. The number of aromatic nitrogens is 1. The van der Waals surface area contributed by atoms with E-state index in [0.717, 1.165) is 0 Å². The minimum absolute atomic E-state index is 0.0298. The van der Waals surface area contributed by atoms with E-state index >= 15 is 0 Å². The lowest BCUT2D eigenvalue weighted by Crippen LogP contribution is -2.35. The summed E-state index contributed by atoms with van der Waals surface area (Å²) in [5, 5.41) is 7.90. The van der Waals surface area contributed by atoms with Crippen LogP contribution in [0.15, 0.2) is 12.3 Å². The van der Waals surface area contributed by atoms with E-state index in [1.807, 2.05) is 0 Å². The summed E-state index contributed by atoms with van der Waals surface area (Å²) in [5.41, 5.74) is 0.118. The van der Waals surface area contributed by atoms with Crippen molar-refractivity contribution in [1.82, 2.24) is 4.57 Å². The summed E-state index contributed by atoms with van der Waals surface area (Å²) in [6.45, 7) is 0.